The minimum atomic E-state index is -0.431. The minimum Gasteiger partial charge on any atom is -0.454 e. The number of carbonyl (C=O) groups excluding carboxylic acids is 1. The van der Waals surface area contributed by atoms with Gasteiger partial charge in [-0.1, -0.05) is 0 Å². The molecule has 0 N–H and O–H groups in total. The highest BCUT2D eigenvalue weighted by molar-refractivity contribution is 9.10. The Morgan fingerprint density at radius 2 is 1.96 bits per heavy atom. The molecule has 2 heterocycles. The molecular weight excluding hydrogens is 380 g/mol. The number of hydrogen-bond donors (Lipinski definition) is 0. The fraction of sp³-hybridized carbons (Fsp3) is 0.188. The molecule has 2 aliphatic heterocycles. The van der Waals surface area contributed by atoms with Gasteiger partial charge in [-0.25, -0.2) is 0 Å². The number of nitro groups is 1. The van der Waals surface area contributed by atoms with Crippen LogP contribution in [0.15, 0.2) is 34.8 Å². The molecular formula is C16H11BrN2O5. The molecule has 0 saturated carbocycles. The van der Waals surface area contributed by atoms with E-state index >= 15 is 0 Å². The molecule has 0 radical (unpaired) electrons. The molecule has 0 spiro atoms. The fourth-order valence-corrected chi connectivity index (χ4v) is 3.43. The number of hydrogen-bond acceptors (Lipinski definition) is 5. The van der Waals surface area contributed by atoms with E-state index in [1.807, 2.05) is 0 Å². The summed E-state index contributed by atoms with van der Waals surface area (Å²) in [5.74, 6) is 0.938. The molecule has 1 amide bonds. The van der Waals surface area contributed by atoms with E-state index in [-0.39, 0.29) is 18.4 Å². The zero-order chi connectivity index (χ0) is 16.8. The molecule has 0 atom stereocenters. The highest BCUT2D eigenvalue weighted by atomic mass is 79.9. The maximum Gasteiger partial charge on any atom is 0.269 e. The molecule has 2 aromatic rings. The molecule has 0 bridgehead atoms. The Morgan fingerprint density at radius 1 is 1.21 bits per heavy atom. The lowest BCUT2D eigenvalue weighted by Crippen LogP contribution is -2.29. The summed E-state index contributed by atoms with van der Waals surface area (Å²) in [6, 6.07) is 7.93. The Balaban J connectivity index is 1.69. The third-order valence-electron chi connectivity index (χ3n) is 4.11. The monoisotopic (exact) mass is 390 g/mol. The molecule has 2 aromatic carbocycles. The lowest BCUT2D eigenvalue weighted by Gasteiger charge is -2.18. The van der Waals surface area contributed by atoms with Crippen LogP contribution in [0.2, 0.25) is 0 Å². The van der Waals surface area contributed by atoms with Crippen LogP contribution in [-0.2, 0) is 6.42 Å². The van der Waals surface area contributed by atoms with Crippen molar-refractivity contribution in [1.29, 1.82) is 0 Å². The summed E-state index contributed by atoms with van der Waals surface area (Å²) >= 11 is 3.40. The van der Waals surface area contributed by atoms with E-state index in [0.717, 1.165) is 5.56 Å². The number of fused-ring (bicyclic) bond motifs is 2. The van der Waals surface area contributed by atoms with E-state index in [9.17, 15) is 14.9 Å². The van der Waals surface area contributed by atoms with Crippen molar-refractivity contribution >= 4 is 33.2 Å². The maximum absolute atomic E-state index is 12.9. The molecule has 7 nitrogen and oxygen atoms in total. The van der Waals surface area contributed by atoms with Crippen molar-refractivity contribution in [2.24, 2.45) is 0 Å². The molecule has 8 heteroatoms. The van der Waals surface area contributed by atoms with Gasteiger partial charge in [-0.3, -0.25) is 14.9 Å². The Hall–Kier alpha value is -2.61. The van der Waals surface area contributed by atoms with Crippen molar-refractivity contribution in [2.75, 3.05) is 18.2 Å². The zero-order valence-electron chi connectivity index (χ0n) is 12.3. The number of carbonyl (C=O) groups is 1. The predicted molar refractivity (Wildman–Crippen MR) is 88.7 cm³/mol. The quantitative estimate of drug-likeness (QED) is 0.580. The van der Waals surface area contributed by atoms with Crippen LogP contribution in [0.5, 0.6) is 11.5 Å². The van der Waals surface area contributed by atoms with Crippen LogP contribution in [0, 0.1) is 10.1 Å². The largest absolute Gasteiger partial charge is 0.454 e. The van der Waals surface area contributed by atoms with Crippen molar-refractivity contribution in [2.45, 2.75) is 6.42 Å². The van der Waals surface area contributed by atoms with Gasteiger partial charge in [0.2, 0.25) is 6.79 Å². The average molecular weight is 391 g/mol. The summed E-state index contributed by atoms with van der Waals surface area (Å²) in [5, 5.41) is 10.9. The van der Waals surface area contributed by atoms with Gasteiger partial charge in [-0.15, -0.1) is 0 Å². The van der Waals surface area contributed by atoms with Crippen molar-refractivity contribution in [3.63, 3.8) is 0 Å². The second-order valence-corrected chi connectivity index (χ2v) is 6.32. The van der Waals surface area contributed by atoms with Gasteiger partial charge < -0.3 is 14.4 Å². The van der Waals surface area contributed by atoms with E-state index in [1.165, 1.54) is 12.1 Å². The van der Waals surface area contributed by atoms with E-state index in [1.54, 1.807) is 23.1 Å². The van der Waals surface area contributed by atoms with Crippen LogP contribution in [0.3, 0.4) is 0 Å². The van der Waals surface area contributed by atoms with Crippen molar-refractivity contribution in [1.82, 2.24) is 0 Å². The Labute approximate surface area is 145 Å². The number of anilines is 1. The van der Waals surface area contributed by atoms with Crippen LogP contribution in [0.25, 0.3) is 0 Å². The first-order valence-corrected chi connectivity index (χ1v) is 8.02. The number of ether oxygens (including phenoxy) is 2. The fourth-order valence-electron chi connectivity index (χ4n) is 2.94. The number of halogens is 1. The first kappa shape index (κ1) is 14.9. The molecule has 0 aliphatic carbocycles. The topological polar surface area (TPSA) is 81.9 Å². The first-order valence-electron chi connectivity index (χ1n) is 7.23. The standard InChI is InChI=1S/C16H11BrN2O5/c17-12-7-15-14(23-8-24-15)6-11(12)16(20)18-4-3-9-5-10(19(21)22)1-2-13(9)18/h1-2,5-7H,3-4,8H2. The number of nitrogens with zero attached hydrogens (tertiary/aromatic N) is 2. The molecule has 0 aromatic heterocycles. The number of benzene rings is 2. The summed E-state index contributed by atoms with van der Waals surface area (Å²) in [7, 11) is 0. The highest BCUT2D eigenvalue weighted by Crippen LogP contribution is 2.39. The number of rotatable bonds is 2. The predicted octanol–water partition coefficient (Wildman–Crippen LogP) is 3.29. The zero-order valence-corrected chi connectivity index (χ0v) is 13.9. The van der Waals surface area contributed by atoms with Crippen molar-refractivity contribution in [3.8, 4) is 11.5 Å². The van der Waals surface area contributed by atoms with Gasteiger partial charge in [0.1, 0.15) is 0 Å². The van der Waals surface area contributed by atoms with E-state index in [2.05, 4.69) is 15.9 Å². The Morgan fingerprint density at radius 3 is 2.71 bits per heavy atom. The molecule has 4 rings (SSSR count). The van der Waals surface area contributed by atoms with Crippen molar-refractivity contribution < 1.29 is 19.2 Å². The second-order valence-electron chi connectivity index (χ2n) is 5.46. The van der Waals surface area contributed by atoms with Crippen LogP contribution in [0.1, 0.15) is 15.9 Å². The van der Waals surface area contributed by atoms with Gasteiger partial charge >= 0.3 is 0 Å². The minimum absolute atomic E-state index is 0.0345. The first-order chi connectivity index (χ1) is 11.5. The van der Waals surface area contributed by atoms with Crippen LogP contribution >= 0.6 is 15.9 Å². The van der Waals surface area contributed by atoms with Crippen LogP contribution < -0.4 is 14.4 Å². The molecule has 24 heavy (non-hydrogen) atoms. The van der Waals surface area contributed by atoms with Gasteiger partial charge in [0, 0.05) is 28.8 Å². The molecule has 0 unspecified atom stereocenters. The lowest BCUT2D eigenvalue weighted by molar-refractivity contribution is -0.384. The summed E-state index contributed by atoms with van der Waals surface area (Å²) < 4.78 is 11.2. The lowest BCUT2D eigenvalue weighted by atomic mass is 10.1. The van der Waals surface area contributed by atoms with Gasteiger partial charge in [0.05, 0.1) is 10.5 Å². The SMILES string of the molecule is O=C(c1cc2c(cc1Br)OCO2)N1CCc2cc([N+](=O)[O-])ccc21. The summed E-state index contributed by atoms with van der Waals surface area (Å²) in [6.45, 7) is 0.617. The highest BCUT2D eigenvalue weighted by Gasteiger charge is 2.29. The van der Waals surface area contributed by atoms with Crippen LogP contribution in [0.4, 0.5) is 11.4 Å². The van der Waals surface area contributed by atoms with Crippen LogP contribution in [-0.4, -0.2) is 24.2 Å². The number of nitro benzene ring substituents is 1. The van der Waals surface area contributed by atoms with E-state index in [4.69, 9.17) is 9.47 Å². The maximum atomic E-state index is 12.9. The third-order valence-corrected chi connectivity index (χ3v) is 4.76. The van der Waals surface area contributed by atoms with E-state index < -0.39 is 4.92 Å². The average Bonchev–Trinajstić information content (AvgIpc) is 3.18. The van der Waals surface area contributed by atoms with Gasteiger partial charge in [-0.05, 0) is 46.1 Å². The van der Waals surface area contributed by atoms with E-state index in [0.29, 0.717) is 40.2 Å². The molecule has 0 fully saturated rings. The second kappa shape index (κ2) is 5.48. The number of amides is 1. The summed E-state index contributed by atoms with van der Waals surface area (Å²) in [5.41, 5.74) is 2.00. The molecule has 122 valence electrons. The Bertz CT molecular complexity index is 883. The summed E-state index contributed by atoms with van der Waals surface area (Å²) in [4.78, 5) is 25.0. The number of non-ortho nitro benzene ring substituents is 1. The van der Waals surface area contributed by atoms with Gasteiger partial charge in [0.25, 0.3) is 11.6 Å². The van der Waals surface area contributed by atoms with Gasteiger partial charge in [0.15, 0.2) is 11.5 Å². The van der Waals surface area contributed by atoms with Gasteiger partial charge in [-0.2, -0.15) is 0 Å². The third kappa shape index (κ3) is 2.30. The summed E-state index contributed by atoms with van der Waals surface area (Å²) in [6.07, 6.45) is 0.588. The normalized spacial score (nSPS) is 14.6. The molecule has 0 saturated heterocycles. The Kier molecular flexibility index (Phi) is 3.42. The molecule has 2 aliphatic rings. The smallest absolute Gasteiger partial charge is 0.269 e. The van der Waals surface area contributed by atoms with Crippen molar-refractivity contribution in [3.05, 3.63) is 56.0 Å².